The molecular weight excluding hydrogens is 554 g/mol. The lowest BCUT2D eigenvalue weighted by Gasteiger charge is -2.33. The number of methoxy groups -OCH3 is 2. The Bertz CT molecular complexity index is 1400. The van der Waals surface area contributed by atoms with Crippen molar-refractivity contribution < 1.29 is 27.5 Å². The fourth-order valence-corrected chi connectivity index (χ4v) is 5.88. The van der Waals surface area contributed by atoms with Gasteiger partial charge in [0.05, 0.1) is 29.8 Å². The van der Waals surface area contributed by atoms with Gasteiger partial charge >= 0.3 is 0 Å². The summed E-state index contributed by atoms with van der Waals surface area (Å²) in [5.41, 5.74) is 0.931. The van der Waals surface area contributed by atoms with Crippen molar-refractivity contribution >= 4 is 39.1 Å². The van der Waals surface area contributed by atoms with Crippen LogP contribution in [-0.2, 0) is 26.2 Å². The van der Waals surface area contributed by atoms with Gasteiger partial charge in [0.2, 0.25) is 11.8 Å². The van der Waals surface area contributed by atoms with Crippen molar-refractivity contribution in [2.75, 3.05) is 31.6 Å². The lowest BCUT2D eigenvalue weighted by molar-refractivity contribution is -0.140. The number of hydrogen-bond donors (Lipinski definition) is 1. The van der Waals surface area contributed by atoms with Crippen LogP contribution in [0.2, 0.25) is 5.02 Å². The Labute approximate surface area is 240 Å². The number of likely N-dealkylation sites (N-methyl/N-ethyl adjacent to an activating group) is 1. The van der Waals surface area contributed by atoms with Gasteiger partial charge in [-0.05, 0) is 61.4 Å². The third kappa shape index (κ3) is 7.25. The third-order valence-corrected chi connectivity index (χ3v) is 8.37. The van der Waals surface area contributed by atoms with Gasteiger partial charge in [-0.25, -0.2) is 8.42 Å². The number of carbonyl (C=O) groups excluding carboxylic acids is 2. The second-order valence-electron chi connectivity index (χ2n) is 8.83. The van der Waals surface area contributed by atoms with Crippen LogP contribution in [0.5, 0.6) is 11.5 Å². The zero-order chi connectivity index (χ0) is 29.3. The molecule has 11 heteroatoms. The van der Waals surface area contributed by atoms with E-state index in [0.717, 1.165) is 9.87 Å². The second-order valence-corrected chi connectivity index (χ2v) is 11.1. The van der Waals surface area contributed by atoms with E-state index in [2.05, 4.69) is 5.32 Å². The molecule has 2 amide bonds. The number of benzene rings is 3. The summed E-state index contributed by atoms with van der Waals surface area (Å²) in [6.45, 7) is 3.50. The first kappa shape index (κ1) is 30.8. The highest BCUT2D eigenvalue weighted by atomic mass is 35.5. The van der Waals surface area contributed by atoms with E-state index in [1.165, 1.54) is 42.3 Å². The first-order valence-corrected chi connectivity index (χ1v) is 14.6. The normalized spacial score (nSPS) is 11.8. The molecule has 3 aromatic carbocycles. The first-order valence-electron chi connectivity index (χ1n) is 12.8. The van der Waals surface area contributed by atoms with Crippen molar-refractivity contribution in [1.82, 2.24) is 10.2 Å². The Hall–Kier alpha value is -3.76. The van der Waals surface area contributed by atoms with E-state index >= 15 is 0 Å². The van der Waals surface area contributed by atoms with E-state index in [0.29, 0.717) is 24.5 Å². The molecule has 0 heterocycles. The maximum atomic E-state index is 14.0. The average Bonchev–Trinajstić information content (AvgIpc) is 2.96. The zero-order valence-corrected chi connectivity index (χ0v) is 24.5. The van der Waals surface area contributed by atoms with E-state index in [1.54, 1.807) is 63.4 Å². The van der Waals surface area contributed by atoms with Gasteiger partial charge < -0.3 is 19.7 Å². The SMILES string of the molecule is CCNC(=O)[C@@H](CC)N(Cc1ccc(OC)cc1)C(=O)CN(c1ccc(OC)c(Cl)c1)S(=O)(=O)c1ccccc1. The number of halogens is 1. The number of hydrogen-bond acceptors (Lipinski definition) is 6. The molecule has 0 saturated heterocycles. The van der Waals surface area contributed by atoms with Gasteiger partial charge in [-0.3, -0.25) is 13.9 Å². The van der Waals surface area contributed by atoms with Crippen LogP contribution in [0.4, 0.5) is 5.69 Å². The molecule has 0 aliphatic rings. The second kappa shape index (κ2) is 14.0. The molecule has 40 heavy (non-hydrogen) atoms. The molecule has 0 aliphatic carbocycles. The summed E-state index contributed by atoms with van der Waals surface area (Å²) in [7, 11) is -1.19. The Morgan fingerprint density at radius 3 is 2.17 bits per heavy atom. The maximum Gasteiger partial charge on any atom is 0.264 e. The summed E-state index contributed by atoms with van der Waals surface area (Å²) in [5, 5.41) is 2.97. The first-order chi connectivity index (χ1) is 19.2. The molecule has 214 valence electrons. The van der Waals surface area contributed by atoms with Gasteiger partial charge in [0, 0.05) is 13.1 Å². The largest absolute Gasteiger partial charge is 0.497 e. The monoisotopic (exact) mass is 587 g/mol. The van der Waals surface area contributed by atoms with E-state index in [9.17, 15) is 18.0 Å². The summed E-state index contributed by atoms with van der Waals surface area (Å²) < 4.78 is 39.1. The van der Waals surface area contributed by atoms with Crippen molar-refractivity contribution in [3.8, 4) is 11.5 Å². The Morgan fingerprint density at radius 1 is 0.950 bits per heavy atom. The van der Waals surface area contributed by atoms with Crippen molar-refractivity contribution in [1.29, 1.82) is 0 Å². The van der Waals surface area contributed by atoms with E-state index in [4.69, 9.17) is 21.1 Å². The molecule has 0 spiro atoms. The van der Waals surface area contributed by atoms with Gasteiger partial charge in [0.25, 0.3) is 10.0 Å². The minimum atomic E-state index is -4.19. The van der Waals surface area contributed by atoms with Crippen LogP contribution in [0.15, 0.2) is 77.7 Å². The maximum absolute atomic E-state index is 14.0. The lowest BCUT2D eigenvalue weighted by Crippen LogP contribution is -2.52. The molecule has 1 atom stereocenters. The molecule has 9 nitrogen and oxygen atoms in total. The fourth-order valence-electron chi connectivity index (χ4n) is 4.20. The number of sulfonamides is 1. The summed E-state index contributed by atoms with van der Waals surface area (Å²) in [5.74, 6) is 0.128. The van der Waals surface area contributed by atoms with Crippen LogP contribution in [0.25, 0.3) is 0 Å². The van der Waals surface area contributed by atoms with Crippen LogP contribution in [0.1, 0.15) is 25.8 Å². The highest BCUT2D eigenvalue weighted by Crippen LogP contribution is 2.32. The van der Waals surface area contributed by atoms with Crippen molar-refractivity contribution in [3.05, 3.63) is 83.4 Å². The molecule has 0 bridgehead atoms. The van der Waals surface area contributed by atoms with Crippen LogP contribution in [-0.4, -0.2) is 58.5 Å². The van der Waals surface area contributed by atoms with Gasteiger partial charge in [-0.15, -0.1) is 0 Å². The number of rotatable bonds is 13. The third-order valence-electron chi connectivity index (χ3n) is 6.28. The molecule has 0 radical (unpaired) electrons. The fraction of sp³-hybridized carbons (Fsp3) is 0.310. The standard InChI is InChI=1S/C29H34ClN3O6S/c1-5-26(29(35)31-6-2)32(19-21-12-15-23(38-3)16-13-21)28(34)20-33(22-14-17-27(39-4)25(30)18-22)40(36,37)24-10-8-7-9-11-24/h7-18,26H,5-6,19-20H2,1-4H3,(H,31,35)/t26-/m1/s1. The Balaban J connectivity index is 2.07. The van der Waals surface area contributed by atoms with Crippen LogP contribution >= 0.6 is 11.6 Å². The summed E-state index contributed by atoms with van der Waals surface area (Å²) in [6.07, 6.45) is 0.327. The van der Waals surface area contributed by atoms with Crippen LogP contribution in [0.3, 0.4) is 0 Å². The Morgan fingerprint density at radius 2 is 1.62 bits per heavy atom. The van der Waals surface area contributed by atoms with Gasteiger partial charge in [0.1, 0.15) is 24.1 Å². The van der Waals surface area contributed by atoms with Crippen molar-refractivity contribution in [2.45, 2.75) is 37.8 Å². The molecule has 0 unspecified atom stereocenters. The molecule has 0 aromatic heterocycles. The van der Waals surface area contributed by atoms with E-state index < -0.39 is 28.5 Å². The molecule has 0 saturated carbocycles. The molecule has 0 fully saturated rings. The van der Waals surface area contributed by atoms with Gasteiger partial charge in [-0.1, -0.05) is 48.9 Å². The number of ether oxygens (including phenoxy) is 2. The predicted molar refractivity (Wildman–Crippen MR) is 155 cm³/mol. The quantitative estimate of drug-likeness (QED) is 0.316. The van der Waals surface area contributed by atoms with Gasteiger partial charge in [-0.2, -0.15) is 0 Å². The topological polar surface area (TPSA) is 105 Å². The smallest absolute Gasteiger partial charge is 0.264 e. The number of amides is 2. The van der Waals surface area contributed by atoms with E-state index in [-0.39, 0.29) is 28.1 Å². The average molecular weight is 588 g/mol. The number of carbonyl (C=O) groups is 2. The molecule has 1 N–H and O–H groups in total. The highest BCUT2D eigenvalue weighted by molar-refractivity contribution is 7.92. The number of nitrogens with one attached hydrogen (secondary N) is 1. The summed E-state index contributed by atoms with van der Waals surface area (Å²) in [4.78, 5) is 28.4. The molecule has 0 aliphatic heterocycles. The zero-order valence-electron chi connectivity index (χ0n) is 23.0. The lowest BCUT2D eigenvalue weighted by atomic mass is 10.1. The minimum Gasteiger partial charge on any atom is -0.497 e. The minimum absolute atomic E-state index is 0.00668. The summed E-state index contributed by atoms with van der Waals surface area (Å²) in [6, 6.07) is 18.6. The highest BCUT2D eigenvalue weighted by Gasteiger charge is 2.33. The molecule has 3 aromatic rings. The number of nitrogens with zero attached hydrogens (tertiary/aromatic N) is 2. The summed E-state index contributed by atoms with van der Waals surface area (Å²) >= 11 is 6.35. The van der Waals surface area contributed by atoms with E-state index in [1.807, 2.05) is 0 Å². The predicted octanol–water partition coefficient (Wildman–Crippen LogP) is 4.50. The number of anilines is 1. The Kier molecular flexibility index (Phi) is 10.8. The van der Waals surface area contributed by atoms with Gasteiger partial charge in [0.15, 0.2) is 0 Å². The van der Waals surface area contributed by atoms with Crippen molar-refractivity contribution in [3.63, 3.8) is 0 Å². The molecular formula is C29H34ClN3O6S. The van der Waals surface area contributed by atoms with Crippen LogP contribution in [0, 0.1) is 0 Å². The molecule has 3 rings (SSSR count). The van der Waals surface area contributed by atoms with Crippen molar-refractivity contribution in [2.24, 2.45) is 0 Å². The van der Waals surface area contributed by atoms with Crippen LogP contribution < -0.4 is 19.1 Å².